The van der Waals surface area contributed by atoms with Gasteiger partial charge in [0.15, 0.2) is 11.5 Å². The maximum absolute atomic E-state index is 13.0. The molecule has 0 saturated carbocycles. The van der Waals surface area contributed by atoms with Gasteiger partial charge >= 0.3 is 6.29 Å². The highest BCUT2D eigenvalue weighted by molar-refractivity contribution is 5.94. The third kappa shape index (κ3) is 1.91. The maximum Gasteiger partial charge on any atom is 0.586 e. The molecule has 6 nitrogen and oxygen atoms in total. The molecule has 0 fully saturated rings. The lowest BCUT2D eigenvalue weighted by molar-refractivity contribution is -0.286. The van der Waals surface area contributed by atoms with Crippen LogP contribution in [0.4, 0.5) is 14.6 Å². The first-order valence-corrected chi connectivity index (χ1v) is 6.25. The second-order valence-corrected chi connectivity index (χ2v) is 4.88. The Hall–Kier alpha value is -2.64. The summed E-state index contributed by atoms with van der Waals surface area (Å²) in [4.78, 5) is 11.7. The third-order valence-electron chi connectivity index (χ3n) is 3.53. The number of alkyl halides is 2. The normalized spacial score (nSPS) is 21.8. The molecule has 0 spiro atoms. The number of carbonyl (C=O) groups is 1. The van der Waals surface area contributed by atoms with Crippen molar-refractivity contribution in [2.45, 2.75) is 18.6 Å². The Labute approximate surface area is 117 Å². The fourth-order valence-corrected chi connectivity index (χ4v) is 2.63. The number of halogens is 2. The summed E-state index contributed by atoms with van der Waals surface area (Å²) in [6.45, 7) is 0. The van der Waals surface area contributed by atoms with Crippen LogP contribution in [0.3, 0.4) is 0 Å². The molecule has 2 aliphatic rings. The van der Waals surface area contributed by atoms with Crippen LogP contribution in [0, 0.1) is 0 Å². The molecule has 3 heterocycles. The van der Waals surface area contributed by atoms with Gasteiger partial charge in [-0.2, -0.15) is 5.10 Å². The first-order valence-electron chi connectivity index (χ1n) is 6.25. The predicted molar refractivity (Wildman–Crippen MR) is 66.3 cm³/mol. The lowest BCUT2D eigenvalue weighted by Gasteiger charge is -2.22. The summed E-state index contributed by atoms with van der Waals surface area (Å²) in [5.41, 5.74) is 1.49. The van der Waals surface area contributed by atoms with Crippen molar-refractivity contribution in [1.82, 2.24) is 10.2 Å². The summed E-state index contributed by atoms with van der Waals surface area (Å²) in [7, 11) is 0. The minimum Gasteiger partial charge on any atom is -0.395 e. The second kappa shape index (κ2) is 3.94. The highest BCUT2D eigenvalue weighted by Gasteiger charge is 2.43. The Kier molecular flexibility index (Phi) is 2.27. The van der Waals surface area contributed by atoms with E-state index in [1.54, 1.807) is 12.3 Å². The van der Waals surface area contributed by atoms with Crippen molar-refractivity contribution in [3.05, 3.63) is 35.5 Å². The van der Waals surface area contributed by atoms with Gasteiger partial charge in [-0.05, 0) is 17.7 Å². The molecular weight excluding hydrogens is 284 g/mol. The van der Waals surface area contributed by atoms with E-state index in [2.05, 4.69) is 25.0 Å². The van der Waals surface area contributed by atoms with E-state index >= 15 is 0 Å². The van der Waals surface area contributed by atoms with Gasteiger partial charge in [0.2, 0.25) is 5.91 Å². The van der Waals surface area contributed by atoms with E-state index in [1.165, 1.54) is 12.1 Å². The average molecular weight is 293 g/mol. The zero-order valence-electron chi connectivity index (χ0n) is 10.5. The number of hydrogen-bond donors (Lipinski definition) is 2. The number of carbonyl (C=O) groups excluding carboxylic acids is 1. The minimum atomic E-state index is -3.65. The number of hydrogen-bond acceptors (Lipinski definition) is 4. The number of amides is 1. The van der Waals surface area contributed by atoms with E-state index in [4.69, 9.17) is 0 Å². The minimum absolute atomic E-state index is 0.0172. The second-order valence-electron chi connectivity index (χ2n) is 4.88. The number of H-pyrrole nitrogens is 1. The first-order chi connectivity index (χ1) is 10.0. The van der Waals surface area contributed by atoms with Crippen LogP contribution in [0.15, 0.2) is 24.4 Å². The molecule has 0 saturated heterocycles. The number of benzene rings is 1. The number of nitrogens with one attached hydrogen (secondary N) is 2. The molecular formula is C13H9F2N3O3. The van der Waals surface area contributed by atoms with E-state index in [1.807, 2.05) is 0 Å². The average Bonchev–Trinajstić information content (AvgIpc) is 2.98. The van der Waals surface area contributed by atoms with Gasteiger partial charge in [0.25, 0.3) is 0 Å². The molecule has 1 atom stereocenters. The van der Waals surface area contributed by atoms with Gasteiger partial charge in [-0.25, -0.2) is 0 Å². The maximum atomic E-state index is 13.0. The smallest absolute Gasteiger partial charge is 0.395 e. The Balaban J connectivity index is 1.75. The van der Waals surface area contributed by atoms with Gasteiger partial charge in [0.05, 0.1) is 6.20 Å². The topological polar surface area (TPSA) is 76.2 Å². The van der Waals surface area contributed by atoms with E-state index in [0.717, 1.165) is 5.56 Å². The van der Waals surface area contributed by atoms with Crippen LogP contribution in [-0.4, -0.2) is 22.4 Å². The molecule has 2 aromatic rings. The van der Waals surface area contributed by atoms with Crippen molar-refractivity contribution in [3.63, 3.8) is 0 Å². The van der Waals surface area contributed by atoms with E-state index in [0.29, 0.717) is 11.4 Å². The van der Waals surface area contributed by atoms with Crippen molar-refractivity contribution >= 4 is 11.7 Å². The van der Waals surface area contributed by atoms with Crippen LogP contribution >= 0.6 is 0 Å². The summed E-state index contributed by atoms with van der Waals surface area (Å²) in [5.74, 6) is 0.0413. The molecule has 8 heteroatoms. The molecule has 0 bridgehead atoms. The van der Waals surface area contributed by atoms with Gasteiger partial charge in [0.1, 0.15) is 5.82 Å². The molecule has 0 radical (unpaired) electrons. The van der Waals surface area contributed by atoms with Crippen molar-refractivity contribution in [2.75, 3.05) is 5.32 Å². The van der Waals surface area contributed by atoms with Crippen molar-refractivity contribution in [1.29, 1.82) is 0 Å². The number of aromatic nitrogens is 2. The predicted octanol–water partition coefficient (Wildman–Crippen LogP) is 2.21. The molecule has 0 unspecified atom stereocenters. The molecule has 0 aliphatic carbocycles. The highest BCUT2D eigenvalue weighted by Crippen LogP contribution is 2.44. The Morgan fingerprint density at radius 1 is 1.29 bits per heavy atom. The first kappa shape index (κ1) is 12.1. The Bertz CT molecular complexity index is 744. The molecule has 2 N–H and O–H groups in total. The molecule has 21 heavy (non-hydrogen) atoms. The fraction of sp³-hybridized carbons (Fsp3) is 0.231. The van der Waals surface area contributed by atoms with E-state index in [-0.39, 0.29) is 29.7 Å². The molecule has 1 amide bonds. The van der Waals surface area contributed by atoms with Crippen LogP contribution in [0.2, 0.25) is 0 Å². The number of ether oxygens (including phenoxy) is 2. The van der Waals surface area contributed by atoms with Crippen molar-refractivity contribution in [2.24, 2.45) is 0 Å². The number of aromatic amines is 1. The zero-order chi connectivity index (χ0) is 14.6. The Morgan fingerprint density at radius 3 is 2.95 bits per heavy atom. The summed E-state index contributed by atoms with van der Waals surface area (Å²) in [6, 6.07) is 4.53. The summed E-state index contributed by atoms with van der Waals surface area (Å²) < 4.78 is 34.9. The highest BCUT2D eigenvalue weighted by atomic mass is 19.3. The molecule has 1 aromatic heterocycles. The zero-order valence-corrected chi connectivity index (χ0v) is 10.5. The molecule has 108 valence electrons. The SMILES string of the molecule is O=C1C[C@@H](c2ccc3c(c2)OC(F)(F)O3)c2cn[nH]c2N1. The molecule has 1 aromatic carbocycles. The third-order valence-corrected chi connectivity index (χ3v) is 3.53. The van der Waals surface area contributed by atoms with Gasteiger partial charge in [-0.15, -0.1) is 8.78 Å². The number of fused-ring (bicyclic) bond motifs is 2. The van der Waals surface area contributed by atoms with Crippen LogP contribution in [0.5, 0.6) is 11.5 Å². The summed E-state index contributed by atoms with van der Waals surface area (Å²) in [5, 5.41) is 9.26. The van der Waals surface area contributed by atoms with Crippen LogP contribution in [-0.2, 0) is 4.79 Å². The molecule has 2 aliphatic heterocycles. The van der Waals surface area contributed by atoms with Gasteiger partial charge < -0.3 is 14.8 Å². The standard InChI is InChI=1S/C13H9F2N3O3/c14-13(15)20-9-2-1-6(3-10(9)21-13)7-4-11(19)17-12-8(7)5-16-18-12/h1-3,5,7H,4H2,(H2,16,17,18,19)/t7-/m0/s1. The largest absolute Gasteiger partial charge is 0.586 e. The number of nitrogens with zero attached hydrogens (tertiary/aromatic N) is 1. The quantitative estimate of drug-likeness (QED) is 0.845. The van der Waals surface area contributed by atoms with E-state index in [9.17, 15) is 13.6 Å². The monoisotopic (exact) mass is 293 g/mol. The van der Waals surface area contributed by atoms with Crippen LogP contribution in [0.25, 0.3) is 0 Å². The van der Waals surface area contributed by atoms with Gasteiger partial charge in [-0.1, -0.05) is 6.07 Å². The number of anilines is 1. The van der Waals surface area contributed by atoms with Crippen molar-refractivity contribution in [3.8, 4) is 11.5 Å². The van der Waals surface area contributed by atoms with Gasteiger partial charge in [0, 0.05) is 17.9 Å². The Morgan fingerprint density at radius 2 is 2.10 bits per heavy atom. The van der Waals surface area contributed by atoms with Crippen LogP contribution < -0.4 is 14.8 Å². The fourth-order valence-electron chi connectivity index (χ4n) is 2.63. The van der Waals surface area contributed by atoms with Crippen LogP contribution in [0.1, 0.15) is 23.5 Å². The summed E-state index contributed by atoms with van der Waals surface area (Å²) in [6.07, 6.45) is -1.83. The lowest BCUT2D eigenvalue weighted by atomic mass is 9.87. The van der Waals surface area contributed by atoms with Crippen molar-refractivity contribution < 1.29 is 23.0 Å². The van der Waals surface area contributed by atoms with E-state index < -0.39 is 6.29 Å². The molecule has 4 rings (SSSR count). The summed E-state index contributed by atoms with van der Waals surface area (Å²) >= 11 is 0. The lowest BCUT2D eigenvalue weighted by Crippen LogP contribution is -2.26. The number of rotatable bonds is 1. The van der Waals surface area contributed by atoms with Gasteiger partial charge in [-0.3, -0.25) is 9.89 Å².